The van der Waals surface area contributed by atoms with Gasteiger partial charge < -0.3 is 31.3 Å². The van der Waals surface area contributed by atoms with Gasteiger partial charge in [-0.1, -0.05) is 0 Å². The van der Waals surface area contributed by atoms with Gasteiger partial charge in [0.15, 0.2) is 2.82 Å². The van der Waals surface area contributed by atoms with Crippen LogP contribution in [0.1, 0.15) is 51.9 Å². The Labute approximate surface area is 324 Å². The number of amides is 9. The van der Waals surface area contributed by atoms with Crippen LogP contribution in [0.4, 0.5) is 0 Å². The molecule has 0 aromatic carbocycles. The molecule has 2 unspecified atom stereocenters. The first kappa shape index (κ1) is 45.6. The van der Waals surface area contributed by atoms with Crippen molar-refractivity contribution in [2.75, 3.05) is 65.0 Å². The molecule has 7 N–H and O–H groups in total. The summed E-state index contributed by atoms with van der Waals surface area (Å²) >= 11 is 2.58. The van der Waals surface area contributed by atoms with E-state index in [4.69, 9.17) is 7.56 Å². The first-order valence-corrected chi connectivity index (χ1v) is 20.0. The summed E-state index contributed by atoms with van der Waals surface area (Å²) in [4.78, 5) is 112. The minimum Gasteiger partial charge on any atom is -0.381 e. The Hall–Kier alpha value is -3.51. The second-order valence-electron chi connectivity index (χ2n) is 11.1. The van der Waals surface area contributed by atoms with E-state index in [1.54, 1.807) is 19.4 Å². The van der Waals surface area contributed by atoms with Crippen LogP contribution < -0.4 is 26.6 Å². The van der Waals surface area contributed by atoms with Gasteiger partial charge in [0.25, 0.3) is 0 Å². The third-order valence-electron chi connectivity index (χ3n) is 7.54. The van der Waals surface area contributed by atoms with E-state index < -0.39 is 46.1 Å². The van der Waals surface area contributed by atoms with Crippen LogP contribution in [0.15, 0.2) is 0 Å². The highest BCUT2D eigenvalue weighted by atomic mass is 32.2. The quantitative estimate of drug-likeness (QED) is 0.0397. The molecule has 2 saturated heterocycles. The first-order chi connectivity index (χ1) is 26.2. The summed E-state index contributed by atoms with van der Waals surface area (Å²) in [7, 11) is 4.95. The Morgan fingerprint density at radius 2 is 1.11 bits per heavy atom. The van der Waals surface area contributed by atoms with E-state index in [0.717, 1.165) is 9.80 Å². The number of rotatable bonds is 23. The lowest BCUT2D eigenvalue weighted by atomic mass is 10.1. The smallest absolute Gasteiger partial charge is 0.242 e. The van der Waals surface area contributed by atoms with Crippen LogP contribution in [0.3, 0.4) is 0 Å². The summed E-state index contributed by atoms with van der Waals surface area (Å²) in [6.07, 6.45) is 3.18. The summed E-state index contributed by atoms with van der Waals surface area (Å²) in [6, 6.07) is -0.848. The maximum Gasteiger partial charge on any atom is 0.242 e. The van der Waals surface area contributed by atoms with Crippen molar-refractivity contribution in [1.29, 1.82) is 10.3 Å². The van der Waals surface area contributed by atoms with Gasteiger partial charge in [0.1, 0.15) is 0 Å². The Kier molecular flexibility index (Phi) is 24.9. The van der Waals surface area contributed by atoms with E-state index >= 15 is 0 Å². The van der Waals surface area contributed by atoms with E-state index in [9.17, 15) is 43.2 Å². The van der Waals surface area contributed by atoms with Gasteiger partial charge in [0.2, 0.25) is 53.2 Å². The van der Waals surface area contributed by atoms with Crippen molar-refractivity contribution in [2.45, 2.75) is 68.4 Å². The minimum atomic E-state index is -0.848. The Morgan fingerprint density at radius 3 is 1.45 bits per heavy atom. The van der Waals surface area contributed by atoms with Crippen molar-refractivity contribution in [2.24, 2.45) is 0 Å². The van der Waals surface area contributed by atoms with Gasteiger partial charge in [0, 0.05) is 96.9 Å². The fourth-order valence-electron chi connectivity index (χ4n) is 4.93. The van der Waals surface area contributed by atoms with Gasteiger partial charge in [0.05, 0.1) is 17.1 Å². The number of carbonyl (C=O) groups excluding carboxylic acids is 9. The molecule has 0 aromatic heterocycles. The summed E-state index contributed by atoms with van der Waals surface area (Å²) in [6.45, 7) is 2.64. The van der Waals surface area contributed by atoms with Crippen LogP contribution in [0, 0.1) is 10.3 Å². The molecule has 2 atom stereocenters. The Bertz CT molecular complexity index is 1270. The largest absolute Gasteiger partial charge is 0.381 e. The molecule has 298 valence electrons. The van der Waals surface area contributed by atoms with Crippen LogP contribution >= 0.6 is 41.6 Å². The van der Waals surface area contributed by atoms with Crippen LogP contribution in [-0.4, -0.2) is 144 Å². The zero-order valence-corrected chi connectivity index (χ0v) is 33.7. The Morgan fingerprint density at radius 1 is 0.736 bits per heavy atom. The monoisotopic (exact) mass is 825 g/mol. The number of nitrogens with zero attached hydrogens (tertiary/aromatic N) is 2. The molecule has 0 aromatic rings. The highest BCUT2D eigenvalue weighted by Gasteiger charge is 2.38. The Balaban J connectivity index is 0.00000454. The van der Waals surface area contributed by atoms with Crippen LogP contribution in [0.25, 0.3) is 0 Å². The number of hydrogen-bond donors (Lipinski definition) is 7. The number of imide groups is 2. The zero-order chi connectivity index (χ0) is 41.8. The minimum absolute atomic E-state index is 0.0199. The number of likely N-dealkylation sites (tertiary alicyclic amines) is 2. The molecular formula is C30H51N9O10P2S2. The van der Waals surface area contributed by atoms with E-state index in [1.807, 2.05) is 0 Å². The van der Waals surface area contributed by atoms with Crippen molar-refractivity contribution in [3.63, 3.8) is 0 Å². The molecule has 0 aliphatic carbocycles. The van der Waals surface area contributed by atoms with Crippen molar-refractivity contribution < 1.29 is 50.7 Å². The molecule has 2 rings (SSSR count). The molecule has 0 saturated carbocycles. The fraction of sp³-hybridized carbons (Fsp3) is 0.700. The van der Waals surface area contributed by atoms with Gasteiger partial charge in [-0.15, -0.1) is 0 Å². The molecule has 2 aliphatic heterocycles. The number of ether oxygens (including phenoxy) is 1. The van der Waals surface area contributed by atoms with Gasteiger partial charge in [-0.05, 0) is 37.5 Å². The maximum atomic E-state index is 12.6. The average molecular weight is 826 g/mol. The number of thioether (sulfide) groups is 2. The second kappa shape index (κ2) is 28.9. The molecule has 9 amide bonds. The van der Waals surface area contributed by atoms with E-state index in [-0.39, 0.29) is 114 Å². The van der Waals surface area contributed by atoms with Crippen molar-refractivity contribution in [1.82, 2.24) is 36.4 Å². The van der Waals surface area contributed by atoms with Gasteiger partial charge in [-0.2, -0.15) is 23.5 Å². The average Bonchev–Trinajstić information content (AvgIpc) is 3.57. The summed E-state index contributed by atoms with van der Waals surface area (Å²) in [5.41, 5.74) is 0. The van der Waals surface area contributed by atoms with Gasteiger partial charge >= 0.3 is 0 Å². The second-order valence-corrected chi connectivity index (χ2v) is 13.2. The number of carbonyl (C=O) groups is 9. The van der Waals surface area contributed by atoms with Crippen molar-refractivity contribution in [3.05, 3.63) is 0 Å². The fourth-order valence-corrected chi connectivity index (χ4v) is 6.21. The predicted molar refractivity (Wildman–Crippen MR) is 203 cm³/mol. The lowest BCUT2D eigenvalue weighted by Gasteiger charge is -2.19. The standard InChI is InChI=1S/C30H47N7O10S2.2H2NP/c1-4-47-14-7-24(40)35-19(15-25(41)33-10-8-31-22(38)5-12-36-27(43)17-20(48-2)29(36)45)16-26(42)34-11-9-32-23(39)6-13-37-28(44)18-21(49-3)30(37)46;2*1-2/h19-21H,4-18H2,1-3H3,(H,31,38)(H,32,39)(H,33,41)(H,34,42)(H,35,40);2*1-2H/i/hD2. The highest BCUT2D eigenvalue weighted by molar-refractivity contribution is 8.00. The normalized spacial score (nSPS) is 17.2. The van der Waals surface area contributed by atoms with Crippen molar-refractivity contribution in [3.8, 4) is 0 Å². The molecule has 2 aliphatic rings. The number of nitrogens with one attached hydrogen (secondary N) is 7. The van der Waals surface area contributed by atoms with Gasteiger partial charge in [-0.3, -0.25) is 63.3 Å². The molecular weight excluding hydrogens is 772 g/mol. The maximum absolute atomic E-state index is 12.6. The van der Waals surface area contributed by atoms with Crippen LogP contribution in [0.5, 0.6) is 0 Å². The lowest BCUT2D eigenvalue weighted by molar-refractivity contribution is -0.140. The molecule has 53 heavy (non-hydrogen) atoms. The number of hydrogen-bond acceptors (Lipinski definition) is 14. The summed E-state index contributed by atoms with van der Waals surface area (Å²) in [5.74, 6) is -3.36. The summed E-state index contributed by atoms with van der Waals surface area (Å²) in [5, 5.41) is 17.4. The lowest BCUT2D eigenvalue weighted by Crippen LogP contribution is -2.44. The van der Waals surface area contributed by atoms with E-state index in [0.29, 0.717) is 6.61 Å². The van der Waals surface area contributed by atoms with Gasteiger partial charge in [-0.25, -0.2) is 0 Å². The molecule has 0 spiro atoms. The molecule has 0 radical (unpaired) electrons. The van der Waals surface area contributed by atoms with E-state index in [1.165, 1.54) is 23.5 Å². The highest BCUT2D eigenvalue weighted by Crippen LogP contribution is 2.24. The molecule has 23 heteroatoms. The topological polar surface area (TPSA) is 277 Å². The predicted octanol–water partition coefficient (Wildman–Crippen LogP) is -0.313. The summed E-state index contributed by atoms with van der Waals surface area (Å²) < 4.78 is 16.7. The third-order valence-corrected chi connectivity index (χ3v) is 9.42. The van der Waals surface area contributed by atoms with E-state index in [2.05, 4.69) is 55.0 Å². The van der Waals surface area contributed by atoms with Crippen LogP contribution in [-0.2, 0) is 47.9 Å². The molecule has 2 heterocycles. The SMILES string of the molecule is CCOCCC(=O)NC(CC(=O)NCCNC(=O)CCN1C(=O)CC(SC)C1=O)CC(=O)NCCNC(=O)CCN1C(=O)CC(SC)C1=O.[2H]N=P.[2H]N=P. The third kappa shape index (κ3) is 19.4. The molecule has 0 bridgehead atoms. The van der Waals surface area contributed by atoms with Crippen LogP contribution in [0.2, 0.25) is 2.82 Å². The molecule has 19 nitrogen and oxygen atoms in total. The van der Waals surface area contributed by atoms with Crippen molar-refractivity contribution >= 4 is 94.8 Å². The molecule has 2 fully saturated rings. The zero-order valence-electron chi connectivity index (χ0n) is 32.0. The first-order valence-electron chi connectivity index (χ1n) is 17.4.